The Morgan fingerprint density at radius 3 is 1.31 bits per heavy atom. The number of fused-ring (bicyclic) bond motifs is 4. The molecular weight excluding hydrogens is 547 g/mol. The Hall–Kier alpha value is -5.94. The summed E-state index contributed by atoms with van der Waals surface area (Å²) >= 11 is 0. The summed E-state index contributed by atoms with van der Waals surface area (Å²) in [6.45, 7) is 0.00782. The van der Waals surface area contributed by atoms with Crippen molar-refractivity contribution in [2.24, 2.45) is 0 Å². The first-order valence-electron chi connectivity index (χ1n) is 15.3. The smallest absolute Gasteiger partial charge is 0.252 e. The molecule has 5 aromatic carbocycles. The van der Waals surface area contributed by atoms with Crippen LogP contribution >= 0.6 is 0 Å². The van der Waals surface area contributed by atoms with Gasteiger partial charge in [-0.3, -0.25) is 9.97 Å². The summed E-state index contributed by atoms with van der Waals surface area (Å²) in [6, 6.07) is 54.0. The molecule has 45 heavy (non-hydrogen) atoms. The number of para-hydroxylation sites is 2. The van der Waals surface area contributed by atoms with Crippen LogP contribution in [-0.4, -0.2) is 16.7 Å². The SMILES string of the molecule is c1ccc(N2c3ccc(-c4ccccn4)cc3B3c4cc(-c5ccccn5)ccc4N(c4ccccc4)c4cccc2c43)cc1. The Labute approximate surface area is 263 Å². The van der Waals surface area contributed by atoms with Crippen molar-refractivity contribution in [1.29, 1.82) is 0 Å². The van der Waals surface area contributed by atoms with Crippen LogP contribution in [0, 0.1) is 0 Å². The average molecular weight is 574 g/mol. The number of rotatable bonds is 4. The van der Waals surface area contributed by atoms with E-state index in [0.29, 0.717) is 0 Å². The molecule has 210 valence electrons. The monoisotopic (exact) mass is 574 g/mol. The van der Waals surface area contributed by atoms with Crippen molar-refractivity contribution in [2.75, 3.05) is 9.80 Å². The zero-order valence-corrected chi connectivity index (χ0v) is 24.5. The third-order valence-electron chi connectivity index (χ3n) is 8.94. The van der Waals surface area contributed by atoms with E-state index in [1.54, 1.807) is 0 Å². The minimum absolute atomic E-state index is 0.00782. The number of hydrogen-bond acceptors (Lipinski definition) is 4. The molecule has 0 saturated heterocycles. The lowest BCUT2D eigenvalue weighted by Crippen LogP contribution is -2.61. The fraction of sp³-hybridized carbons (Fsp3) is 0. The molecule has 0 fully saturated rings. The van der Waals surface area contributed by atoms with Crippen LogP contribution in [0.4, 0.5) is 34.1 Å². The van der Waals surface area contributed by atoms with Gasteiger partial charge in [-0.1, -0.05) is 78.9 Å². The molecule has 7 aromatic rings. The highest BCUT2D eigenvalue weighted by molar-refractivity contribution is 7.00. The number of hydrogen-bond donors (Lipinski definition) is 0. The van der Waals surface area contributed by atoms with Crippen molar-refractivity contribution in [1.82, 2.24) is 9.97 Å². The van der Waals surface area contributed by atoms with Crippen LogP contribution in [0.25, 0.3) is 22.5 Å². The molecule has 0 spiro atoms. The number of nitrogens with zero attached hydrogens (tertiary/aromatic N) is 4. The van der Waals surface area contributed by atoms with Crippen LogP contribution in [0.5, 0.6) is 0 Å². The average Bonchev–Trinajstić information content (AvgIpc) is 3.12. The number of pyridine rings is 2. The highest BCUT2D eigenvalue weighted by Crippen LogP contribution is 2.44. The lowest BCUT2D eigenvalue weighted by molar-refractivity contribution is 1.25. The fourth-order valence-corrected chi connectivity index (χ4v) is 7.04. The molecule has 0 amide bonds. The standard InChI is InChI=1S/C40H27BN4/c1-3-12-30(13-4-1)44-36-22-20-28(34-16-7-9-24-42-34)26-32(36)41-33-27-29(35-17-8-10-25-43-35)21-23-37(33)45(31-14-5-2-6-15-31)39-19-11-18-38(44)40(39)41/h1-27H. The van der Waals surface area contributed by atoms with Crippen LogP contribution in [0.15, 0.2) is 164 Å². The van der Waals surface area contributed by atoms with E-state index < -0.39 is 0 Å². The first-order chi connectivity index (χ1) is 22.3. The van der Waals surface area contributed by atoms with Gasteiger partial charge in [-0.05, 0) is 100 Å². The van der Waals surface area contributed by atoms with Gasteiger partial charge in [-0.25, -0.2) is 0 Å². The maximum Gasteiger partial charge on any atom is 0.252 e. The highest BCUT2D eigenvalue weighted by Gasteiger charge is 2.43. The molecule has 0 unspecified atom stereocenters. The van der Waals surface area contributed by atoms with E-state index in [1.165, 1.54) is 39.1 Å². The van der Waals surface area contributed by atoms with Crippen LogP contribution in [0.1, 0.15) is 0 Å². The number of anilines is 6. The summed E-state index contributed by atoms with van der Waals surface area (Å²) in [4.78, 5) is 14.3. The number of benzene rings is 5. The quantitative estimate of drug-likeness (QED) is 0.200. The van der Waals surface area contributed by atoms with Gasteiger partial charge in [0, 0.05) is 46.5 Å². The second-order valence-corrected chi connectivity index (χ2v) is 11.5. The van der Waals surface area contributed by atoms with E-state index in [0.717, 1.165) is 33.9 Å². The van der Waals surface area contributed by atoms with E-state index in [2.05, 4.69) is 149 Å². The fourth-order valence-electron chi connectivity index (χ4n) is 7.04. The van der Waals surface area contributed by atoms with Crippen molar-refractivity contribution in [3.63, 3.8) is 0 Å². The summed E-state index contributed by atoms with van der Waals surface area (Å²) in [5.41, 5.74) is 15.0. The van der Waals surface area contributed by atoms with Crippen molar-refractivity contribution >= 4 is 57.2 Å². The molecule has 0 radical (unpaired) electrons. The summed E-state index contributed by atoms with van der Waals surface area (Å²) < 4.78 is 0. The largest absolute Gasteiger partial charge is 0.311 e. The van der Waals surface area contributed by atoms with E-state index in [-0.39, 0.29) is 6.71 Å². The highest BCUT2D eigenvalue weighted by atomic mass is 15.2. The summed E-state index contributed by atoms with van der Waals surface area (Å²) in [5.74, 6) is 0. The summed E-state index contributed by atoms with van der Waals surface area (Å²) in [6.07, 6.45) is 3.73. The Kier molecular flexibility index (Phi) is 5.88. The minimum atomic E-state index is 0.00782. The molecule has 2 aliphatic heterocycles. The first kappa shape index (κ1) is 25.6. The van der Waals surface area contributed by atoms with Crippen LogP contribution in [-0.2, 0) is 0 Å². The second kappa shape index (κ2) is 10.4. The van der Waals surface area contributed by atoms with E-state index in [9.17, 15) is 0 Å². The maximum absolute atomic E-state index is 4.72. The van der Waals surface area contributed by atoms with Gasteiger partial charge in [0.05, 0.1) is 11.4 Å². The predicted octanol–water partition coefficient (Wildman–Crippen LogP) is 7.89. The second-order valence-electron chi connectivity index (χ2n) is 11.5. The molecule has 5 heteroatoms. The summed E-state index contributed by atoms with van der Waals surface area (Å²) in [7, 11) is 0. The number of aromatic nitrogens is 2. The van der Waals surface area contributed by atoms with Crippen LogP contribution in [0.3, 0.4) is 0 Å². The van der Waals surface area contributed by atoms with Gasteiger partial charge in [0.2, 0.25) is 0 Å². The lowest BCUT2D eigenvalue weighted by Gasteiger charge is -2.44. The van der Waals surface area contributed by atoms with Crippen molar-refractivity contribution in [3.8, 4) is 22.5 Å². The zero-order valence-electron chi connectivity index (χ0n) is 24.5. The molecule has 2 aromatic heterocycles. The molecular formula is C40H27BN4. The normalized spacial score (nSPS) is 12.8. The maximum atomic E-state index is 4.72. The van der Waals surface area contributed by atoms with Crippen molar-refractivity contribution in [3.05, 3.63) is 164 Å². The van der Waals surface area contributed by atoms with Gasteiger partial charge in [0.25, 0.3) is 6.71 Å². The Balaban J connectivity index is 1.37. The van der Waals surface area contributed by atoms with Gasteiger partial charge in [0.1, 0.15) is 0 Å². The third kappa shape index (κ3) is 4.09. The molecule has 9 rings (SSSR count). The predicted molar refractivity (Wildman–Crippen MR) is 187 cm³/mol. The first-order valence-corrected chi connectivity index (χ1v) is 15.3. The minimum Gasteiger partial charge on any atom is -0.311 e. The van der Waals surface area contributed by atoms with E-state index in [4.69, 9.17) is 9.97 Å². The third-order valence-corrected chi connectivity index (χ3v) is 8.94. The van der Waals surface area contributed by atoms with Crippen LogP contribution in [0.2, 0.25) is 0 Å². The van der Waals surface area contributed by atoms with Crippen molar-refractivity contribution < 1.29 is 0 Å². The van der Waals surface area contributed by atoms with Gasteiger partial charge in [-0.15, -0.1) is 0 Å². The van der Waals surface area contributed by atoms with Gasteiger partial charge < -0.3 is 9.80 Å². The topological polar surface area (TPSA) is 32.3 Å². The Morgan fingerprint density at radius 1 is 0.400 bits per heavy atom. The van der Waals surface area contributed by atoms with Gasteiger partial charge >= 0.3 is 0 Å². The molecule has 0 atom stereocenters. The molecule has 0 bridgehead atoms. The molecule has 0 aliphatic carbocycles. The van der Waals surface area contributed by atoms with Crippen molar-refractivity contribution in [2.45, 2.75) is 0 Å². The molecule has 0 N–H and O–H groups in total. The Morgan fingerprint density at radius 2 is 0.867 bits per heavy atom. The zero-order chi connectivity index (χ0) is 29.7. The molecule has 4 heterocycles. The summed E-state index contributed by atoms with van der Waals surface area (Å²) in [5, 5.41) is 0. The van der Waals surface area contributed by atoms with E-state index in [1.807, 2.05) is 24.5 Å². The van der Waals surface area contributed by atoms with Gasteiger partial charge in [-0.2, -0.15) is 0 Å². The Bertz CT molecular complexity index is 2020. The molecule has 4 nitrogen and oxygen atoms in total. The van der Waals surface area contributed by atoms with E-state index >= 15 is 0 Å². The molecule has 0 saturated carbocycles. The molecule has 2 aliphatic rings. The van der Waals surface area contributed by atoms with Gasteiger partial charge in [0.15, 0.2) is 0 Å². The lowest BCUT2D eigenvalue weighted by atomic mass is 9.33. The van der Waals surface area contributed by atoms with Crippen LogP contribution < -0.4 is 26.2 Å².